The first kappa shape index (κ1) is 19.8. The summed E-state index contributed by atoms with van der Waals surface area (Å²) in [5, 5.41) is 0.394. The number of nitrogens with zero attached hydrogens (tertiary/aromatic N) is 1. The average Bonchev–Trinajstić information content (AvgIpc) is 3.26. The Morgan fingerprint density at radius 2 is 1.84 bits per heavy atom. The third-order valence-corrected chi connectivity index (χ3v) is 7.67. The van der Waals surface area contributed by atoms with Gasteiger partial charge in [-0.2, -0.15) is 0 Å². The van der Waals surface area contributed by atoms with Crippen LogP contribution in [0.15, 0.2) is 57.7 Å². The van der Waals surface area contributed by atoms with Gasteiger partial charge < -0.3 is 14.1 Å². The second-order valence-electron chi connectivity index (χ2n) is 7.84. The molecule has 0 aliphatic carbocycles. The fraction of sp³-hybridized carbons (Fsp3) is 0.304. The van der Waals surface area contributed by atoms with E-state index in [1.165, 1.54) is 4.90 Å². The van der Waals surface area contributed by atoms with Crippen LogP contribution in [-0.4, -0.2) is 43.4 Å². The van der Waals surface area contributed by atoms with E-state index in [2.05, 4.69) is 0 Å². The quantitative estimate of drug-likeness (QED) is 0.621. The van der Waals surface area contributed by atoms with Gasteiger partial charge in [-0.3, -0.25) is 9.59 Å². The Kier molecular flexibility index (Phi) is 4.62. The van der Waals surface area contributed by atoms with Crippen LogP contribution in [0, 0.1) is 0 Å². The molecule has 7 nitrogen and oxygen atoms in total. The van der Waals surface area contributed by atoms with Crippen molar-refractivity contribution in [3.8, 4) is 5.75 Å². The van der Waals surface area contributed by atoms with Crippen molar-refractivity contribution in [3.63, 3.8) is 0 Å². The number of sulfone groups is 1. The minimum atomic E-state index is -3.23. The summed E-state index contributed by atoms with van der Waals surface area (Å²) < 4.78 is 35.7. The number of amides is 1. The van der Waals surface area contributed by atoms with Crippen LogP contribution in [0.3, 0.4) is 0 Å². The van der Waals surface area contributed by atoms with Gasteiger partial charge in [-0.25, -0.2) is 8.42 Å². The normalized spacial score (nSPS) is 22.1. The van der Waals surface area contributed by atoms with Crippen molar-refractivity contribution in [2.75, 3.05) is 18.1 Å². The molecular weight excluding hydrogens is 418 g/mol. The van der Waals surface area contributed by atoms with Crippen LogP contribution in [0.5, 0.6) is 5.75 Å². The molecular formula is C23H21NO6S. The number of fused-ring (bicyclic) bond motifs is 2. The number of rotatable bonds is 4. The molecule has 2 aliphatic heterocycles. The van der Waals surface area contributed by atoms with E-state index in [0.717, 1.165) is 0 Å². The molecule has 3 aromatic rings. The van der Waals surface area contributed by atoms with Gasteiger partial charge in [0.15, 0.2) is 15.3 Å². The van der Waals surface area contributed by atoms with Crippen LogP contribution >= 0.6 is 0 Å². The highest BCUT2D eigenvalue weighted by Crippen LogP contribution is 2.41. The topological polar surface area (TPSA) is 93.9 Å². The van der Waals surface area contributed by atoms with Gasteiger partial charge in [0.2, 0.25) is 5.76 Å². The molecule has 1 aromatic heterocycles. The van der Waals surface area contributed by atoms with Gasteiger partial charge in [0.05, 0.1) is 35.1 Å². The molecule has 2 aromatic carbocycles. The van der Waals surface area contributed by atoms with Crippen LogP contribution in [0.25, 0.3) is 11.0 Å². The highest BCUT2D eigenvalue weighted by Gasteiger charge is 2.48. The number of carbonyl (C=O) groups is 1. The Morgan fingerprint density at radius 1 is 1.10 bits per heavy atom. The molecule has 31 heavy (non-hydrogen) atoms. The Morgan fingerprint density at radius 3 is 2.52 bits per heavy atom. The van der Waals surface area contributed by atoms with E-state index in [-0.39, 0.29) is 28.3 Å². The van der Waals surface area contributed by atoms with Crippen molar-refractivity contribution in [3.05, 3.63) is 75.6 Å². The summed E-state index contributed by atoms with van der Waals surface area (Å²) >= 11 is 0. The lowest BCUT2D eigenvalue weighted by Gasteiger charge is -2.30. The minimum absolute atomic E-state index is 0.00752. The molecule has 0 saturated carbocycles. The molecule has 2 atom stereocenters. The number of hydrogen-bond donors (Lipinski definition) is 0. The van der Waals surface area contributed by atoms with Crippen LogP contribution in [-0.2, 0) is 9.84 Å². The second kappa shape index (κ2) is 7.23. The Hall–Kier alpha value is -3.13. The summed E-state index contributed by atoms with van der Waals surface area (Å²) in [6.07, 6.45) is 0.337. The van der Waals surface area contributed by atoms with Crippen molar-refractivity contribution in [1.82, 2.24) is 4.90 Å². The molecule has 160 valence electrons. The minimum Gasteiger partial charge on any atom is -0.494 e. The van der Waals surface area contributed by atoms with Gasteiger partial charge in [-0.1, -0.05) is 24.3 Å². The number of carbonyl (C=O) groups excluding carboxylic acids is 1. The van der Waals surface area contributed by atoms with Gasteiger partial charge in [0, 0.05) is 6.04 Å². The Labute approximate surface area is 179 Å². The molecule has 2 aliphatic rings. The molecule has 8 heteroatoms. The van der Waals surface area contributed by atoms with E-state index < -0.39 is 27.8 Å². The van der Waals surface area contributed by atoms with Gasteiger partial charge in [0.25, 0.3) is 5.91 Å². The molecule has 0 bridgehead atoms. The van der Waals surface area contributed by atoms with Crippen LogP contribution in [0.2, 0.25) is 0 Å². The van der Waals surface area contributed by atoms with E-state index in [1.807, 2.05) is 19.1 Å². The third kappa shape index (κ3) is 3.22. The van der Waals surface area contributed by atoms with Gasteiger partial charge in [0.1, 0.15) is 11.3 Å². The molecule has 0 N–H and O–H groups in total. The van der Waals surface area contributed by atoms with E-state index >= 15 is 0 Å². The van der Waals surface area contributed by atoms with Crippen LogP contribution in [0.4, 0.5) is 0 Å². The largest absolute Gasteiger partial charge is 0.494 e. The third-order valence-electron chi connectivity index (χ3n) is 5.92. The smallest absolute Gasteiger partial charge is 0.291 e. The van der Waals surface area contributed by atoms with Crippen molar-refractivity contribution in [1.29, 1.82) is 0 Å². The summed E-state index contributed by atoms with van der Waals surface area (Å²) in [6, 6.07) is 12.8. The molecule has 1 amide bonds. The maximum absolute atomic E-state index is 13.4. The number of benzene rings is 2. The lowest BCUT2D eigenvalue weighted by Crippen LogP contribution is -2.40. The monoisotopic (exact) mass is 439 g/mol. The summed E-state index contributed by atoms with van der Waals surface area (Å²) in [5.41, 5.74) is 1.04. The molecule has 0 radical (unpaired) electrons. The first-order chi connectivity index (χ1) is 14.9. The zero-order valence-corrected chi connectivity index (χ0v) is 17.7. The van der Waals surface area contributed by atoms with Gasteiger partial charge >= 0.3 is 0 Å². The summed E-state index contributed by atoms with van der Waals surface area (Å²) in [7, 11) is -3.23. The highest BCUT2D eigenvalue weighted by atomic mass is 32.2. The zero-order valence-electron chi connectivity index (χ0n) is 16.9. The highest BCUT2D eigenvalue weighted by molar-refractivity contribution is 7.91. The summed E-state index contributed by atoms with van der Waals surface area (Å²) in [5.74, 6) is 0.132. The maximum atomic E-state index is 13.4. The predicted octanol–water partition coefficient (Wildman–Crippen LogP) is 2.92. The molecule has 5 rings (SSSR count). The van der Waals surface area contributed by atoms with E-state index in [4.69, 9.17) is 9.15 Å². The van der Waals surface area contributed by atoms with Gasteiger partial charge in [-0.05, 0) is 43.2 Å². The summed E-state index contributed by atoms with van der Waals surface area (Å²) in [6.45, 7) is 2.41. The van der Waals surface area contributed by atoms with Crippen molar-refractivity contribution < 1.29 is 22.4 Å². The van der Waals surface area contributed by atoms with Crippen LogP contribution < -0.4 is 10.2 Å². The molecule has 1 fully saturated rings. The first-order valence-electron chi connectivity index (χ1n) is 10.2. The fourth-order valence-electron chi connectivity index (χ4n) is 4.55. The van der Waals surface area contributed by atoms with Crippen molar-refractivity contribution in [2.45, 2.75) is 25.4 Å². The fourth-order valence-corrected chi connectivity index (χ4v) is 6.26. The molecule has 0 unspecified atom stereocenters. The predicted molar refractivity (Wildman–Crippen MR) is 115 cm³/mol. The number of hydrogen-bond acceptors (Lipinski definition) is 6. The Bertz CT molecular complexity index is 1340. The molecule has 0 spiro atoms. The molecule has 3 heterocycles. The van der Waals surface area contributed by atoms with E-state index in [9.17, 15) is 18.0 Å². The maximum Gasteiger partial charge on any atom is 0.291 e. The second-order valence-corrected chi connectivity index (χ2v) is 10.1. The van der Waals surface area contributed by atoms with Crippen molar-refractivity contribution in [2.24, 2.45) is 0 Å². The van der Waals surface area contributed by atoms with E-state index in [0.29, 0.717) is 35.3 Å². The zero-order chi connectivity index (χ0) is 21.8. The lowest BCUT2D eigenvalue weighted by atomic mass is 9.97. The van der Waals surface area contributed by atoms with E-state index in [1.54, 1.807) is 36.4 Å². The Balaban J connectivity index is 1.70. The first-order valence-corrected chi connectivity index (χ1v) is 12.0. The van der Waals surface area contributed by atoms with Gasteiger partial charge in [-0.15, -0.1) is 0 Å². The number of ether oxygens (including phenoxy) is 1. The lowest BCUT2D eigenvalue weighted by molar-refractivity contribution is 0.0662. The average molecular weight is 439 g/mol. The molecule has 1 saturated heterocycles. The number of para-hydroxylation sites is 1. The van der Waals surface area contributed by atoms with Crippen LogP contribution in [0.1, 0.15) is 41.1 Å². The standard InChI is InChI=1S/C23H21NO6S/c1-2-29-16-9-7-14(8-10-16)20-19-21(25)17-5-3-4-6-18(17)30-22(19)23(26)24(20)15-11-12-31(27,28)13-15/h3-10,15,20H,2,11-13H2,1H3/t15-,20-/m0/s1. The summed E-state index contributed by atoms with van der Waals surface area (Å²) in [4.78, 5) is 28.4. The SMILES string of the molecule is CCOc1ccc([C@H]2c3c(oc4ccccc4c3=O)C(=O)N2[C@H]2CCS(=O)(=O)C2)cc1. The van der Waals surface area contributed by atoms with Crippen molar-refractivity contribution >= 4 is 26.7 Å².